The van der Waals surface area contributed by atoms with Crippen LogP contribution in [0.25, 0.3) is 0 Å². The first kappa shape index (κ1) is 15.3. The van der Waals surface area contributed by atoms with Gasteiger partial charge in [-0.05, 0) is 36.3 Å². The number of ether oxygens (including phenoxy) is 1. The molecule has 4 heteroatoms. The van der Waals surface area contributed by atoms with Crippen LogP contribution in [0.5, 0.6) is 0 Å². The molecule has 4 nitrogen and oxygen atoms in total. The Morgan fingerprint density at radius 2 is 2.05 bits per heavy atom. The number of carboxylic acids is 1. The quantitative estimate of drug-likeness (QED) is 0.792. The summed E-state index contributed by atoms with van der Waals surface area (Å²) in [7, 11) is 0. The molecular weight excluding hydrogens is 278 g/mol. The largest absolute Gasteiger partial charge is 0.481 e. The predicted molar refractivity (Wildman–Crippen MR) is 84.6 cm³/mol. The lowest BCUT2D eigenvalue weighted by Gasteiger charge is -2.43. The van der Waals surface area contributed by atoms with Gasteiger partial charge in [-0.15, -0.1) is 6.58 Å². The SMILES string of the molecule is C=CCC(C(=O)O)(c1ccc(C2(N)COC2)cc1)C1CCC1. The lowest BCUT2D eigenvalue weighted by molar-refractivity contribution is -0.147. The summed E-state index contributed by atoms with van der Waals surface area (Å²) >= 11 is 0. The van der Waals surface area contributed by atoms with Crippen molar-refractivity contribution in [1.29, 1.82) is 0 Å². The minimum absolute atomic E-state index is 0.188. The average molecular weight is 301 g/mol. The first-order valence-electron chi connectivity index (χ1n) is 7.85. The zero-order valence-corrected chi connectivity index (χ0v) is 12.8. The van der Waals surface area contributed by atoms with E-state index in [4.69, 9.17) is 10.5 Å². The second-order valence-corrected chi connectivity index (χ2v) is 6.62. The number of carbonyl (C=O) groups is 1. The van der Waals surface area contributed by atoms with Gasteiger partial charge in [0.15, 0.2) is 0 Å². The second-order valence-electron chi connectivity index (χ2n) is 6.62. The van der Waals surface area contributed by atoms with Crippen molar-refractivity contribution < 1.29 is 14.6 Å². The normalized spacial score (nSPS) is 23.0. The van der Waals surface area contributed by atoms with Crippen molar-refractivity contribution in [2.45, 2.75) is 36.6 Å². The van der Waals surface area contributed by atoms with Gasteiger partial charge in [-0.3, -0.25) is 4.79 Å². The summed E-state index contributed by atoms with van der Waals surface area (Å²) in [5, 5.41) is 9.94. The summed E-state index contributed by atoms with van der Waals surface area (Å²) in [6, 6.07) is 7.77. The van der Waals surface area contributed by atoms with Crippen molar-refractivity contribution >= 4 is 5.97 Å². The molecule has 1 heterocycles. The van der Waals surface area contributed by atoms with E-state index in [-0.39, 0.29) is 5.92 Å². The number of allylic oxidation sites excluding steroid dienone is 1. The monoisotopic (exact) mass is 301 g/mol. The zero-order valence-electron chi connectivity index (χ0n) is 12.8. The molecule has 1 saturated carbocycles. The van der Waals surface area contributed by atoms with Crippen molar-refractivity contribution in [1.82, 2.24) is 0 Å². The topological polar surface area (TPSA) is 72.5 Å². The van der Waals surface area contributed by atoms with Gasteiger partial charge in [0.1, 0.15) is 0 Å². The number of rotatable bonds is 6. The summed E-state index contributed by atoms with van der Waals surface area (Å²) in [5.74, 6) is -0.563. The van der Waals surface area contributed by atoms with E-state index in [1.807, 2.05) is 24.3 Å². The molecule has 118 valence electrons. The van der Waals surface area contributed by atoms with Gasteiger partial charge in [-0.25, -0.2) is 0 Å². The Bertz CT molecular complexity index is 572. The van der Waals surface area contributed by atoms with Crippen LogP contribution in [-0.2, 0) is 20.5 Å². The summed E-state index contributed by atoms with van der Waals surface area (Å²) in [6.45, 7) is 4.81. The van der Waals surface area contributed by atoms with Gasteiger partial charge in [0.2, 0.25) is 0 Å². The molecule has 3 rings (SSSR count). The second kappa shape index (κ2) is 5.52. The van der Waals surface area contributed by atoms with Gasteiger partial charge >= 0.3 is 5.97 Å². The van der Waals surface area contributed by atoms with Gasteiger partial charge in [-0.1, -0.05) is 36.8 Å². The van der Waals surface area contributed by atoms with Crippen LogP contribution in [-0.4, -0.2) is 24.3 Å². The number of hydrogen-bond donors (Lipinski definition) is 2. The van der Waals surface area contributed by atoms with E-state index in [9.17, 15) is 9.90 Å². The van der Waals surface area contributed by atoms with Crippen LogP contribution in [0.1, 0.15) is 36.8 Å². The van der Waals surface area contributed by atoms with E-state index in [2.05, 4.69) is 6.58 Å². The van der Waals surface area contributed by atoms with Gasteiger partial charge < -0.3 is 15.6 Å². The molecule has 2 fully saturated rings. The molecule has 1 saturated heterocycles. The van der Waals surface area contributed by atoms with Crippen LogP contribution in [0.2, 0.25) is 0 Å². The van der Waals surface area contributed by atoms with Crippen molar-refractivity contribution in [3.8, 4) is 0 Å². The fourth-order valence-corrected chi connectivity index (χ4v) is 3.62. The minimum Gasteiger partial charge on any atom is -0.481 e. The molecule has 1 unspecified atom stereocenters. The molecule has 0 radical (unpaired) electrons. The number of nitrogens with two attached hydrogens (primary N) is 1. The number of benzene rings is 1. The number of aliphatic carboxylic acids is 1. The maximum absolute atomic E-state index is 12.1. The summed E-state index contributed by atoms with van der Waals surface area (Å²) in [4.78, 5) is 12.1. The third-order valence-corrected chi connectivity index (χ3v) is 5.34. The minimum atomic E-state index is -0.851. The van der Waals surface area contributed by atoms with E-state index in [0.717, 1.165) is 30.4 Å². The standard InChI is InChI=1S/C18H23NO3/c1-2-10-18(16(20)21,14-4-3-5-14)15-8-6-13(7-9-15)17(19)11-22-12-17/h2,6-9,14H,1,3-5,10-12,19H2,(H,20,21). The summed E-state index contributed by atoms with van der Waals surface area (Å²) in [5.41, 5.74) is 6.84. The molecule has 0 aromatic heterocycles. The van der Waals surface area contributed by atoms with E-state index in [1.54, 1.807) is 6.08 Å². The smallest absolute Gasteiger partial charge is 0.314 e. The molecular formula is C18H23NO3. The molecule has 1 aromatic carbocycles. The van der Waals surface area contributed by atoms with Crippen molar-refractivity contribution in [2.75, 3.05) is 13.2 Å². The van der Waals surface area contributed by atoms with E-state index in [1.165, 1.54) is 0 Å². The Morgan fingerprint density at radius 3 is 2.41 bits per heavy atom. The fourth-order valence-electron chi connectivity index (χ4n) is 3.62. The first-order chi connectivity index (χ1) is 10.5. The van der Waals surface area contributed by atoms with Crippen LogP contribution in [0, 0.1) is 5.92 Å². The maximum atomic E-state index is 12.1. The van der Waals surface area contributed by atoms with Crippen LogP contribution < -0.4 is 5.73 Å². The van der Waals surface area contributed by atoms with Gasteiger partial charge in [0.25, 0.3) is 0 Å². The molecule has 3 N–H and O–H groups in total. The van der Waals surface area contributed by atoms with Crippen molar-refractivity contribution in [3.05, 3.63) is 48.0 Å². The lowest BCUT2D eigenvalue weighted by atomic mass is 9.60. The predicted octanol–water partition coefficient (Wildman–Crippen LogP) is 2.57. The number of carboxylic acid groups (broad SMARTS) is 1. The van der Waals surface area contributed by atoms with Crippen molar-refractivity contribution in [3.63, 3.8) is 0 Å². The highest BCUT2D eigenvalue weighted by atomic mass is 16.5. The summed E-state index contributed by atoms with van der Waals surface area (Å²) in [6.07, 6.45) is 5.24. The highest BCUT2D eigenvalue weighted by Gasteiger charge is 2.48. The van der Waals surface area contributed by atoms with Gasteiger partial charge in [-0.2, -0.15) is 0 Å². The van der Waals surface area contributed by atoms with E-state index >= 15 is 0 Å². The molecule has 0 bridgehead atoms. The van der Waals surface area contributed by atoms with Crippen LogP contribution >= 0.6 is 0 Å². The molecule has 0 spiro atoms. The molecule has 2 aliphatic rings. The highest BCUT2D eigenvalue weighted by molar-refractivity contribution is 5.82. The Hall–Kier alpha value is -1.65. The van der Waals surface area contributed by atoms with Gasteiger partial charge in [0.05, 0.1) is 24.2 Å². The lowest BCUT2D eigenvalue weighted by Crippen LogP contribution is -2.54. The van der Waals surface area contributed by atoms with Crippen LogP contribution in [0.3, 0.4) is 0 Å². The molecule has 1 aliphatic heterocycles. The fraction of sp³-hybridized carbons (Fsp3) is 0.500. The maximum Gasteiger partial charge on any atom is 0.314 e. The molecule has 1 atom stereocenters. The zero-order chi connectivity index (χ0) is 15.8. The highest BCUT2D eigenvalue weighted by Crippen LogP contribution is 2.47. The number of hydrogen-bond acceptors (Lipinski definition) is 3. The third kappa shape index (κ3) is 2.18. The Morgan fingerprint density at radius 1 is 1.41 bits per heavy atom. The third-order valence-electron chi connectivity index (χ3n) is 5.34. The van der Waals surface area contributed by atoms with E-state index in [0.29, 0.717) is 19.6 Å². The molecule has 1 aromatic rings. The average Bonchev–Trinajstić information content (AvgIpc) is 2.42. The molecule has 1 aliphatic carbocycles. The van der Waals surface area contributed by atoms with E-state index < -0.39 is 16.9 Å². The molecule has 22 heavy (non-hydrogen) atoms. The first-order valence-corrected chi connectivity index (χ1v) is 7.85. The van der Waals surface area contributed by atoms with Crippen molar-refractivity contribution in [2.24, 2.45) is 11.7 Å². The molecule has 0 amide bonds. The van der Waals surface area contributed by atoms with Crippen LogP contribution in [0.4, 0.5) is 0 Å². The Labute approximate surface area is 131 Å². The van der Waals surface area contributed by atoms with Gasteiger partial charge in [0, 0.05) is 0 Å². The Kier molecular flexibility index (Phi) is 3.83. The van der Waals surface area contributed by atoms with Crippen LogP contribution in [0.15, 0.2) is 36.9 Å². The summed E-state index contributed by atoms with van der Waals surface area (Å²) < 4.78 is 5.20. The Balaban J connectivity index is 1.97.